The van der Waals surface area contributed by atoms with Crippen molar-refractivity contribution in [3.8, 4) is 0 Å². The minimum Gasteiger partial charge on any atom is -0.768 e. The van der Waals surface area contributed by atoms with Crippen molar-refractivity contribution in [2.75, 3.05) is 0 Å². The summed E-state index contributed by atoms with van der Waals surface area (Å²) in [6.45, 7) is 0. The van der Waals surface area contributed by atoms with E-state index in [1.165, 1.54) is 4.74 Å². The van der Waals surface area contributed by atoms with Gasteiger partial charge in [0.2, 0.25) is 0 Å². The lowest BCUT2D eigenvalue weighted by Crippen LogP contribution is -2.71. The quantitative estimate of drug-likeness (QED) is 0.146. The number of hydrogen-bond donors (Lipinski definition) is 0. The molecule has 0 aliphatic carbocycles. The molecule has 0 heterocycles. The van der Waals surface area contributed by atoms with E-state index in [4.69, 9.17) is 0 Å². The second-order valence-electron chi connectivity index (χ2n) is 5.82. The first-order chi connectivity index (χ1) is 15.1. The van der Waals surface area contributed by atoms with E-state index in [1.807, 2.05) is 0 Å². The van der Waals surface area contributed by atoms with Crippen LogP contribution in [0, 0.1) is 0 Å². The van der Waals surface area contributed by atoms with Crippen LogP contribution in [0.3, 0.4) is 0 Å². The zero-order chi connectivity index (χ0) is 30.0. The topological polar surface area (TPSA) is 58.6 Å². The highest BCUT2D eigenvalue weighted by Crippen LogP contribution is 2.62. The van der Waals surface area contributed by atoms with Crippen molar-refractivity contribution >= 4 is 22.7 Å². The molecule has 1 atom stereocenters. The van der Waals surface area contributed by atoms with E-state index < -0.39 is 69.8 Å². The molecule has 0 aliphatic rings. The molecule has 218 valence electrons. The molecule has 0 spiro atoms. The Hall–Kier alpha value is -1.08. The molecule has 0 bridgehead atoms. The molecule has 0 aliphatic heterocycles. The summed E-state index contributed by atoms with van der Waals surface area (Å²) >= 11 is -2.25. The Morgan fingerprint density at radius 1 is 0.472 bits per heavy atom. The highest BCUT2D eigenvalue weighted by Gasteiger charge is 2.91. The van der Waals surface area contributed by atoms with E-state index >= 15 is 0 Å². The number of halogens is 21. The fourth-order valence-electron chi connectivity index (χ4n) is 1.42. The third-order valence-electron chi connectivity index (χ3n) is 3.30. The SMILES string of the molecule is O=S([O-])C(F)(F)C(F)(F)OC(F)(F)C(F)(F)OC(F)(F)C(F)(F)C(F)(F)C(F)(F)C(F)(F)C(F)(F)Cl. The molecule has 0 saturated heterocycles. The maximum atomic E-state index is 13.2. The second kappa shape index (κ2) is 9.00. The predicted octanol–water partition coefficient (Wildman–Crippen LogP) is 6.24. The largest absolute Gasteiger partial charge is 0.768 e. The van der Waals surface area contributed by atoms with Crippen LogP contribution in [0.2, 0.25) is 0 Å². The molecule has 4 nitrogen and oxygen atoms in total. The molecule has 0 radical (unpaired) electrons. The molecule has 1 unspecified atom stereocenters. The first kappa shape index (κ1) is 34.9. The number of ether oxygens (including phenoxy) is 2. The summed E-state index contributed by atoms with van der Waals surface area (Å²) < 4.78 is 280. The highest BCUT2D eigenvalue weighted by atomic mass is 35.5. The first-order valence-electron chi connectivity index (χ1n) is 7.07. The second-order valence-corrected chi connectivity index (χ2v) is 7.27. The van der Waals surface area contributed by atoms with Gasteiger partial charge < -0.3 is 4.55 Å². The Kier molecular flexibility index (Phi) is 8.73. The van der Waals surface area contributed by atoms with Gasteiger partial charge in [-0.15, -0.1) is 0 Å². The number of hydrogen-bond acceptors (Lipinski definition) is 4. The van der Waals surface area contributed by atoms with E-state index in [0.717, 1.165) is 4.74 Å². The van der Waals surface area contributed by atoms with Crippen LogP contribution in [-0.4, -0.2) is 67.5 Å². The van der Waals surface area contributed by atoms with Gasteiger partial charge in [0.15, 0.2) is 0 Å². The molecule has 36 heavy (non-hydrogen) atoms. The molecule has 0 aromatic heterocycles. The van der Waals surface area contributed by atoms with E-state index in [0.29, 0.717) is 0 Å². The van der Waals surface area contributed by atoms with Gasteiger partial charge in [0.25, 0.3) is 0 Å². The zero-order valence-electron chi connectivity index (χ0n) is 15.0. The maximum absolute atomic E-state index is 13.2. The minimum atomic E-state index is -8.70. The Morgan fingerprint density at radius 2 is 0.750 bits per heavy atom. The van der Waals surface area contributed by atoms with Crippen molar-refractivity contribution in [2.24, 2.45) is 0 Å². The number of rotatable bonds is 12. The van der Waals surface area contributed by atoms with Gasteiger partial charge in [0, 0.05) is 11.1 Å². The third-order valence-corrected chi connectivity index (χ3v) is 4.20. The van der Waals surface area contributed by atoms with Crippen molar-refractivity contribution in [3.63, 3.8) is 0 Å². The van der Waals surface area contributed by atoms with Gasteiger partial charge in [0.1, 0.15) is 0 Å². The van der Waals surface area contributed by atoms with Gasteiger partial charge in [-0.25, -0.2) is 9.47 Å². The molecule has 0 fully saturated rings. The fourth-order valence-corrected chi connectivity index (χ4v) is 1.77. The summed E-state index contributed by atoms with van der Waals surface area (Å²) in [4.78, 5) is 0. The molecular formula is C10ClF20O4S-. The van der Waals surface area contributed by atoms with Crippen molar-refractivity contribution in [1.82, 2.24) is 0 Å². The summed E-state index contributed by atoms with van der Waals surface area (Å²) in [6, 6.07) is 0. The lowest BCUT2D eigenvalue weighted by Gasteiger charge is -2.40. The standard InChI is InChI=1S/C10HClF20O4S/c11-5(20,21)3(16,17)1(12,13)2(14,15)4(18,19)6(22,23)34-7(24,25)8(26,27)35-9(28,29)10(30,31)36(32)33/h(H,32,33)/p-1. The predicted molar refractivity (Wildman–Crippen MR) is 66.4 cm³/mol. The maximum Gasteiger partial charge on any atom is 0.453 e. The van der Waals surface area contributed by atoms with E-state index in [9.17, 15) is 96.6 Å². The number of alkyl halides is 21. The van der Waals surface area contributed by atoms with Crippen molar-refractivity contribution in [1.29, 1.82) is 0 Å². The van der Waals surface area contributed by atoms with Crippen LogP contribution in [0.15, 0.2) is 0 Å². The van der Waals surface area contributed by atoms with Gasteiger partial charge in [-0.3, -0.25) is 4.21 Å². The highest BCUT2D eigenvalue weighted by molar-refractivity contribution is 7.80. The van der Waals surface area contributed by atoms with Gasteiger partial charge >= 0.3 is 58.8 Å². The van der Waals surface area contributed by atoms with Crippen LogP contribution in [0.5, 0.6) is 0 Å². The summed E-state index contributed by atoms with van der Waals surface area (Å²) in [5.74, 6) is -33.8. The summed E-state index contributed by atoms with van der Waals surface area (Å²) in [5, 5.41) is -13.9. The molecule has 26 heteroatoms. The normalized spacial score (nSPS) is 17.4. The molecule has 0 amide bonds. The Morgan fingerprint density at radius 3 is 1.03 bits per heavy atom. The van der Waals surface area contributed by atoms with Crippen LogP contribution < -0.4 is 0 Å². The van der Waals surface area contributed by atoms with Gasteiger partial charge in [-0.2, -0.15) is 87.8 Å². The van der Waals surface area contributed by atoms with Crippen molar-refractivity contribution in [3.05, 3.63) is 0 Å². The van der Waals surface area contributed by atoms with Crippen LogP contribution in [0.25, 0.3) is 0 Å². The lowest BCUT2D eigenvalue weighted by molar-refractivity contribution is -0.548. The summed E-state index contributed by atoms with van der Waals surface area (Å²) in [6.07, 6.45) is -31.7. The molecular weight excluding hydrogens is 632 g/mol. The van der Waals surface area contributed by atoms with Gasteiger partial charge in [-0.05, 0) is 11.6 Å². The summed E-state index contributed by atoms with van der Waals surface area (Å²) in [7, 11) is 0. The van der Waals surface area contributed by atoms with Crippen LogP contribution in [-0.2, 0) is 20.6 Å². The zero-order valence-corrected chi connectivity index (χ0v) is 16.6. The third kappa shape index (κ3) is 5.25. The fraction of sp³-hybridized carbons (Fsp3) is 1.00. The Labute approximate surface area is 188 Å². The van der Waals surface area contributed by atoms with Gasteiger partial charge in [-0.1, -0.05) is 0 Å². The average Bonchev–Trinajstić information content (AvgIpc) is 2.57. The van der Waals surface area contributed by atoms with Crippen molar-refractivity contribution in [2.45, 2.75) is 58.8 Å². The van der Waals surface area contributed by atoms with E-state index in [-0.39, 0.29) is 0 Å². The molecule has 0 aromatic rings. The first-order valence-corrected chi connectivity index (χ1v) is 8.53. The smallest absolute Gasteiger partial charge is 0.453 e. The Bertz CT molecular complexity index is 837. The lowest BCUT2D eigenvalue weighted by atomic mass is 9.97. The van der Waals surface area contributed by atoms with E-state index in [1.54, 1.807) is 0 Å². The molecule has 0 saturated carbocycles. The van der Waals surface area contributed by atoms with Crippen LogP contribution in [0.1, 0.15) is 0 Å². The average molecular weight is 632 g/mol. The van der Waals surface area contributed by atoms with Crippen molar-refractivity contribution < 1.29 is 106 Å². The minimum absolute atomic E-state index is 1.05. The Balaban J connectivity index is 6.49. The van der Waals surface area contributed by atoms with Crippen LogP contribution in [0.4, 0.5) is 87.8 Å². The van der Waals surface area contributed by atoms with Crippen LogP contribution >= 0.6 is 11.6 Å². The molecule has 0 rings (SSSR count). The van der Waals surface area contributed by atoms with E-state index in [2.05, 4.69) is 11.6 Å². The monoisotopic (exact) mass is 631 g/mol. The molecule has 0 N–H and O–H groups in total. The molecule has 0 aromatic carbocycles. The van der Waals surface area contributed by atoms with Gasteiger partial charge in [0.05, 0.1) is 0 Å². The summed E-state index contributed by atoms with van der Waals surface area (Å²) in [5.41, 5.74) is 0.